The summed E-state index contributed by atoms with van der Waals surface area (Å²) in [4.78, 5) is 4.46. The number of hydrogen-bond donors (Lipinski definition) is 1. The number of rotatable bonds is 4. The van der Waals surface area contributed by atoms with Gasteiger partial charge in [0, 0.05) is 23.3 Å². The number of nitrogens with one attached hydrogen (secondary N) is 1. The van der Waals surface area contributed by atoms with Crippen LogP contribution in [0.25, 0.3) is 11.0 Å². The molecule has 0 spiro atoms. The first-order valence-corrected chi connectivity index (χ1v) is 5.72. The van der Waals surface area contributed by atoms with Crippen LogP contribution < -0.4 is 5.32 Å². The molecule has 0 aliphatic rings. The first kappa shape index (κ1) is 11.1. The quantitative estimate of drug-likeness (QED) is 0.852. The van der Waals surface area contributed by atoms with E-state index in [1.807, 2.05) is 19.3 Å². The Bertz CT molecular complexity index is 471. The lowest BCUT2D eigenvalue weighted by molar-refractivity contribution is 0.334. The highest BCUT2D eigenvalue weighted by molar-refractivity contribution is 5.76. The molecule has 0 saturated heterocycles. The fourth-order valence-electron chi connectivity index (χ4n) is 2.01. The molecular weight excluding hydrogens is 198 g/mol. The van der Waals surface area contributed by atoms with E-state index in [1.165, 1.54) is 5.39 Å². The van der Waals surface area contributed by atoms with Crippen molar-refractivity contribution in [3.8, 4) is 0 Å². The van der Waals surface area contributed by atoms with Crippen LogP contribution in [0.2, 0.25) is 0 Å². The van der Waals surface area contributed by atoms with Gasteiger partial charge in [0.05, 0.1) is 0 Å². The van der Waals surface area contributed by atoms with Gasteiger partial charge in [-0.3, -0.25) is 0 Å². The van der Waals surface area contributed by atoms with Crippen LogP contribution in [0.5, 0.6) is 0 Å². The van der Waals surface area contributed by atoms with Crippen LogP contribution in [-0.4, -0.2) is 23.1 Å². The monoisotopic (exact) mass is 217 g/mol. The normalized spacial score (nSPS) is 12.2. The third-order valence-electron chi connectivity index (χ3n) is 3.09. The van der Waals surface area contributed by atoms with Crippen molar-refractivity contribution in [2.24, 2.45) is 0 Å². The fraction of sp³-hybridized carbons (Fsp3) is 0.462. The van der Waals surface area contributed by atoms with Crippen molar-refractivity contribution in [2.45, 2.75) is 25.8 Å². The molecule has 0 aromatic carbocycles. The Hall–Kier alpha value is -1.35. The zero-order valence-electron chi connectivity index (χ0n) is 10.2. The minimum absolute atomic E-state index is 0.0963. The standard InChI is InChI=1S/C13H19N3/c1-13(2,7-9-14-3)16-10-6-11-5-4-8-15-12(11)16/h4-6,8,10,14H,7,9H2,1-3H3. The Morgan fingerprint density at radius 2 is 2.19 bits per heavy atom. The number of nitrogens with zero attached hydrogens (tertiary/aromatic N) is 2. The van der Waals surface area contributed by atoms with E-state index < -0.39 is 0 Å². The lowest BCUT2D eigenvalue weighted by atomic mass is 10.0. The number of fused-ring (bicyclic) bond motifs is 1. The van der Waals surface area contributed by atoms with Crippen LogP contribution in [0.3, 0.4) is 0 Å². The average Bonchev–Trinajstić information content (AvgIpc) is 2.71. The van der Waals surface area contributed by atoms with Crippen molar-refractivity contribution >= 4 is 11.0 Å². The summed E-state index contributed by atoms with van der Waals surface area (Å²) in [5.41, 5.74) is 1.17. The highest BCUT2D eigenvalue weighted by atomic mass is 15.1. The lowest BCUT2D eigenvalue weighted by Crippen LogP contribution is -2.29. The van der Waals surface area contributed by atoms with Crippen molar-refractivity contribution in [1.82, 2.24) is 14.9 Å². The second-order valence-electron chi connectivity index (χ2n) is 4.77. The number of hydrogen-bond acceptors (Lipinski definition) is 2. The van der Waals surface area contributed by atoms with Crippen molar-refractivity contribution in [1.29, 1.82) is 0 Å². The molecule has 0 aliphatic heterocycles. The summed E-state index contributed by atoms with van der Waals surface area (Å²) < 4.78 is 2.26. The Labute approximate surface area is 96.5 Å². The van der Waals surface area contributed by atoms with E-state index in [2.05, 4.69) is 47.0 Å². The molecule has 0 amide bonds. The fourth-order valence-corrected chi connectivity index (χ4v) is 2.01. The van der Waals surface area contributed by atoms with Gasteiger partial charge in [0.15, 0.2) is 0 Å². The minimum atomic E-state index is 0.0963. The van der Waals surface area contributed by atoms with E-state index in [1.54, 1.807) is 0 Å². The summed E-state index contributed by atoms with van der Waals surface area (Å²) in [6.45, 7) is 5.51. The molecule has 0 atom stereocenters. The maximum atomic E-state index is 4.46. The predicted octanol–water partition coefficient (Wildman–Crippen LogP) is 2.38. The average molecular weight is 217 g/mol. The summed E-state index contributed by atoms with van der Waals surface area (Å²) in [6.07, 6.45) is 5.07. The molecule has 86 valence electrons. The van der Waals surface area contributed by atoms with Gasteiger partial charge < -0.3 is 9.88 Å². The first-order valence-electron chi connectivity index (χ1n) is 5.72. The van der Waals surface area contributed by atoms with Crippen LogP contribution in [-0.2, 0) is 5.54 Å². The molecule has 3 heteroatoms. The maximum absolute atomic E-state index is 4.46. The summed E-state index contributed by atoms with van der Waals surface area (Å²) >= 11 is 0. The largest absolute Gasteiger partial charge is 0.327 e. The zero-order chi connectivity index (χ0) is 11.6. The van der Waals surface area contributed by atoms with Gasteiger partial charge in [-0.1, -0.05) is 0 Å². The molecule has 0 aliphatic carbocycles. The number of aromatic nitrogens is 2. The molecule has 2 heterocycles. The van der Waals surface area contributed by atoms with Gasteiger partial charge in [-0.25, -0.2) is 4.98 Å². The van der Waals surface area contributed by atoms with Crippen molar-refractivity contribution in [3.63, 3.8) is 0 Å². The zero-order valence-corrected chi connectivity index (χ0v) is 10.2. The summed E-state index contributed by atoms with van der Waals surface area (Å²) in [6, 6.07) is 6.21. The van der Waals surface area contributed by atoms with Crippen LogP contribution in [0.1, 0.15) is 20.3 Å². The van der Waals surface area contributed by atoms with E-state index >= 15 is 0 Å². The van der Waals surface area contributed by atoms with E-state index in [0.717, 1.165) is 18.6 Å². The summed E-state index contributed by atoms with van der Waals surface area (Å²) in [5, 5.41) is 4.41. The van der Waals surface area contributed by atoms with E-state index in [9.17, 15) is 0 Å². The Kier molecular flexibility index (Phi) is 2.97. The van der Waals surface area contributed by atoms with Gasteiger partial charge in [0.25, 0.3) is 0 Å². The topological polar surface area (TPSA) is 29.9 Å². The van der Waals surface area contributed by atoms with Crippen LogP contribution in [0, 0.1) is 0 Å². The molecule has 1 N–H and O–H groups in total. The highest BCUT2D eigenvalue weighted by Crippen LogP contribution is 2.25. The minimum Gasteiger partial charge on any atom is -0.327 e. The van der Waals surface area contributed by atoms with Crippen LogP contribution >= 0.6 is 0 Å². The number of pyridine rings is 1. The molecular formula is C13H19N3. The van der Waals surface area contributed by atoms with Gasteiger partial charge in [0.2, 0.25) is 0 Å². The van der Waals surface area contributed by atoms with E-state index in [-0.39, 0.29) is 5.54 Å². The molecule has 16 heavy (non-hydrogen) atoms. The molecule has 2 aromatic rings. The maximum Gasteiger partial charge on any atom is 0.140 e. The highest BCUT2D eigenvalue weighted by Gasteiger charge is 2.21. The smallest absolute Gasteiger partial charge is 0.140 e. The third-order valence-corrected chi connectivity index (χ3v) is 3.09. The predicted molar refractivity (Wildman–Crippen MR) is 67.6 cm³/mol. The molecule has 0 radical (unpaired) electrons. The van der Waals surface area contributed by atoms with E-state index in [4.69, 9.17) is 0 Å². The molecule has 0 unspecified atom stereocenters. The van der Waals surface area contributed by atoms with Crippen molar-refractivity contribution < 1.29 is 0 Å². The second-order valence-corrected chi connectivity index (χ2v) is 4.77. The van der Waals surface area contributed by atoms with Gasteiger partial charge in [-0.05, 0) is 52.1 Å². The molecule has 2 aromatic heterocycles. The lowest BCUT2D eigenvalue weighted by Gasteiger charge is -2.27. The van der Waals surface area contributed by atoms with Crippen LogP contribution in [0.4, 0.5) is 0 Å². The first-order chi connectivity index (χ1) is 7.65. The molecule has 0 saturated carbocycles. The molecule has 0 bridgehead atoms. The van der Waals surface area contributed by atoms with Crippen LogP contribution in [0.15, 0.2) is 30.6 Å². The summed E-state index contributed by atoms with van der Waals surface area (Å²) in [7, 11) is 1.99. The Morgan fingerprint density at radius 3 is 2.94 bits per heavy atom. The molecule has 0 fully saturated rings. The summed E-state index contributed by atoms with van der Waals surface area (Å²) in [5.74, 6) is 0. The van der Waals surface area contributed by atoms with Gasteiger partial charge in [-0.2, -0.15) is 0 Å². The Balaban J connectivity index is 2.38. The van der Waals surface area contributed by atoms with Crippen molar-refractivity contribution in [3.05, 3.63) is 30.6 Å². The van der Waals surface area contributed by atoms with Gasteiger partial charge in [0.1, 0.15) is 5.65 Å². The molecule has 2 rings (SSSR count). The van der Waals surface area contributed by atoms with Gasteiger partial charge >= 0.3 is 0 Å². The van der Waals surface area contributed by atoms with E-state index in [0.29, 0.717) is 0 Å². The van der Waals surface area contributed by atoms with Gasteiger partial charge in [-0.15, -0.1) is 0 Å². The SMILES string of the molecule is CNCCC(C)(C)n1ccc2cccnc21. The second kappa shape index (κ2) is 4.26. The third kappa shape index (κ3) is 1.95. The molecule has 3 nitrogen and oxygen atoms in total. The Morgan fingerprint density at radius 1 is 1.38 bits per heavy atom. The van der Waals surface area contributed by atoms with Crippen molar-refractivity contribution in [2.75, 3.05) is 13.6 Å².